The number of hydrogen-bond acceptors (Lipinski definition) is 4. The van der Waals surface area contributed by atoms with Gasteiger partial charge < -0.3 is 10.2 Å². The summed E-state index contributed by atoms with van der Waals surface area (Å²) in [6, 6.07) is 13.0. The fraction of sp³-hybridized carbons (Fsp3) is 0.133. The monoisotopic (exact) mass is 285 g/mol. The SMILES string of the molecule is CN(C)c1cccc(C(=O)Nc2cccc([N+](=O)[O-])c2)c1. The molecule has 21 heavy (non-hydrogen) atoms. The molecule has 0 bridgehead atoms. The molecule has 2 aromatic carbocycles. The molecule has 0 fully saturated rings. The lowest BCUT2D eigenvalue weighted by atomic mass is 10.1. The first-order valence-electron chi connectivity index (χ1n) is 6.30. The number of carbonyl (C=O) groups is 1. The molecule has 0 aliphatic rings. The van der Waals surface area contributed by atoms with Crippen LogP contribution in [0.3, 0.4) is 0 Å². The van der Waals surface area contributed by atoms with E-state index in [1.165, 1.54) is 18.2 Å². The van der Waals surface area contributed by atoms with Crippen LogP contribution in [0.5, 0.6) is 0 Å². The zero-order valence-corrected chi connectivity index (χ0v) is 11.7. The Morgan fingerprint density at radius 3 is 2.52 bits per heavy atom. The van der Waals surface area contributed by atoms with Crippen molar-refractivity contribution in [2.24, 2.45) is 0 Å². The van der Waals surface area contributed by atoms with Crippen LogP contribution in [0.1, 0.15) is 10.4 Å². The van der Waals surface area contributed by atoms with Crippen molar-refractivity contribution in [2.75, 3.05) is 24.3 Å². The van der Waals surface area contributed by atoms with Gasteiger partial charge in [-0.15, -0.1) is 0 Å². The van der Waals surface area contributed by atoms with Gasteiger partial charge in [0.15, 0.2) is 0 Å². The van der Waals surface area contributed by atoms with Crippen LogP contribution < -0.4 is 10.2 Å². The number of amides is 1. The molecule has 1 N–H and O–H groups in total. The number of nitrogens with one attached hydrogen (secondary N) is 1. The second-order valence-corrected chi connectivity index (χ2v) is 4.71. The molecule has 0 aliphatic heterocycles. The van der Waals surface area contributed by atoms with E-state index in [9.17, 15) is 14.9 Å². The Morgan fingerprint density at radius 1 is 1.14 bits per heavy atom. The third-order valence-corrected chi connectivity index (χ3v) is 2.94. The summed E-state index contributed by atoms with van der Waals surface area (Å²) < 4.78 is 0. The molecule has 0 aliphatic carbocycles. The minimum absolute atomic E-state index is 0.0603. The second kappa shape index (κ2) is 6.04. The second-order valence-electron chi connectivity index (χ2n) is 4.71. The molecule has 0 saturated heterocycles. The molecule has 2 aromatic rings. The van der Waals surface area contributed by atoms with Crippen molar-refractivity contribution < 1.29 is 9.72 Å². The number of hydrogen-bond donors (Lipinski definition) is 1. The van der Waals surface area contributed by atoms with Crippen molar-refractivity contribution >= 4 is 23.0 Å². The Hall–Kier alpha value is -2.89. The van der Waals surface area contributed by atoms with Crippen LogP contribution in [0.25, 0.3) is 0 Å². The highest BCUT2D eigenvalue weighted by molar-refractivity contribution is 6.04. The maximum atomic E-state index is 12.2. The van der Waals surface area contributed by atoms with E-state index >= 15 is 0 Å². The minimum atomic E-state index is -0.498. The first kappa shape index (κ1) is 14.5. The molecule has 0 unspecified atom stereocenters. The van der Waals surface area contributed by atoms with E-state index in [2.05, 4.69) is 5.32 Å². The zero-order valence-electron chi connectivity index (χ0n) is 11.7. The Labute approximate surface area is 122 Å². The molecule has 6 heteroatoms. The van der Waals surface area contributed by atoms with E-state index in [4.69, 9.17) is 0 Å². The predicted molar refractivity (Wildman–Crippen MR) is 81.8 cm³/mol. The van der Waals surface area contributed by atoms with Gasteiger partial charge in [0.25, 0.3) is 11.6 Å². The van der Waals surface area contributed by atoms with Crippen LogP contribution in [0, 0.1) is 10.1 Å². The molecular formula is C15H15N3O3. The molecule has 0 radical (unpaired) electrons. The quantitative estimate of drug-likeness (QED) is 0.692. The van der Waals surface area contributed by atoms with E-state index in [1.54, 1.807) is 24.3 Å². The molecule has 0 spiro atoms. The van der Waals surface area contributed by atoms with Crippen LogP contribution in [0.2, 0.25) is 0 Å². The Kier molecular flexibility index (Phi) is 4.18. The molecular weight excluding hydrogens is 270 g/mol. The van der Waals surface area contributed by atoms with Crippen LogP contribution in [-0.4, -0.2) is 24.9 Å². The van der Waals surface area contributed by atoms with Gasteiger partial charge in [0, 0.05) is 43.2 Å². The van der Waals surface area contributed by atoms with Crippen LogP contribution in [0.4, 0.5) is 17.1 Å². The number of anilines is 2. The predicted octanol–water partition coefficient (Wildman–Crippen LogP) is 2.91. The van der Waals surface area contributed by atoms with E-state index in [0.29, 0.717) is 11.3 Å². The van der Waals surface area contributed by atoms with Crippen LogP contribution in [0.15, 0.2) is 48.5 Å². The summed E-state index contributed by atoms with van der Waals surface area (Å²) in [6.45, 7) is 0. The summed E-state index contributed by atoms with van der Waals surface area (Å²) in [5.41, 5.74) is 1.73. The van der Waals surface area contributed by atoms with E-state index in [0.717, 1.165) is 5.69 Å². The summed E-state index contributed by atoms with van der Waals surface area (Å²) in [6.07, 6.45) is 0. The fourth-order valence-electron chi connectivity index (χ4n) is 1.83. The first-order valence-corrected chi connectivity index (χ1v) is 6.30. The van der Waals surface area contributed by atoms with Gasteiger partial charge in [-0.3, -0.25) is 14.9 Å². The maximum absolute atomic E-state index is 12.2. The number of nitro benzene ring substituents is 1. The average Bonchev–Trinajstić information content (AvgIpc) is 2.47. The molecule has 2 rings (SSSR count). The van der Waals surface area contributed by atoms with Gasteiger partial charge in [0.2, 0.25) is 0 Å². The van der Waals surface area contributed by atoms with Gasteiger partial charge in [-0.1, -0.05) is 12.1 Å². The van der Waals surface area contributed by atoms with Crippen molar-refractivity contribution in [1.29, 1.82) is 0 Å². The zero-order chi connectivity index (χ0) is 15.4. The lowest BCUT2D eigenvalue weighted by Crippen LogP contribution is -2.14. The van der Waals surface area contributed by atoms with Crippen molar-refractivity contribution in [2.45, 2.75) is 0 Å². The number of nitro groups is 1. The summed E-state index contributed by atoms with van der Waals surface area (Å²) in [5.74, 6) is -0.306. The van der Waals surface area contributed by atoms with Crippen molar-refractivity contribution in [1.82, 2.24) is 0 Å². The van der Waals surface area contributed by atoms with Crippen LogP contribution in [-0.2, 0) is 0 Å². The van der Waals surface area contributed by atoms with E-state index in [1.807, 2.05) is 25.1 Å². The Bertz CT molecular complexity index is 683. The minimum Gasteiger partial charge on any atom is -0.378 e. The maximum Gasteiger partial charge on any atom is 0.271 e. The fourth-order valence-corrected chi connectivity index (χ4v) is 1.83. The van der Waals surface area contributed by atoms with Gasteiger partial charge in [0.1, 0.15) is 0 Å². The van der Waals surface area contributed by atoms with Gasteiger partial charge in [0.05, 0.1) is 4.92 Å². The van der Waals surface area contributed by atoms with Crippen LogP contribution >= 0.6 is 0 Å². The van der Waals surface area contributed by atoms with Crippen molar-refractivity contribution in [3.63, 3.8) is 0 Å². The summed E-state index contributed by atoms with van der Waals surface area (Å²) >= 11 is 0. The lowest BCUT2D eigenvalue weighted by Gasteiger charge is -2.13. The normalized spacial score (nSPS) is 10.0. The molecule has 0 atom stereocenters. The highest BCUT2D eigenvalue weighted by Crippen LogP contribution is 2.19. The Morgan fingerprint density at radius 2 is 1.86 bits per heavy atom. The van der Waals surface area contributed by atoms with Gasteiger partial charge in [-0.2, -0.15) is 0 Å². The summed E-state index contributed by atoms with van der Waals surface area (Å²) in [5, 5.41) is 13.4. The topological polar surface area (TPSA) is 75.5 Å². The van der Waals surface area contributed by atoms with Gasteiger partial charge in [-0.25, -0.2) is 0 Å². The smallest absolute Gasteiger partial charge is 0.271 e. The van der Waals surface area contributed by atoms with E-state index < -0.39 is 4.92 Å². The summed E-state index contributed by atoms with van der Waals surface area (Å²) in [7, 11) is 3.77. The molecule has 6 nitrogen and oxygen atoms in total. The highest BCUT2D eigenvalue weighted by Gasteiger charge is 2.10. The highest BCUT2D eigenvalue weighted by atomic mass is 16.6. The number of nitrogens with zero attached hydrogens (tertiary/aromatic N) is 2. The summed E-state index contributed by atoms with van der Waals surface area (Å²) in [4.78, 5) is 24.3. The number of rotatable bonds is 4. The molecule has 108 valence electrons. The van der Waals surface area contributed by atoms with Gasteiger partial charge >= 0.3 is 0 Å². The van der Waals surface area contributed by atoms with Gasteiger partial charge in [-0.05, 0) is 24.3 Å². The molecule has 0 heterocycles. The van der Waals surface area contributed by atoms with Crippen molar-refractivity contribution in [3.8, 4) is 0 Å². The van der Waals surface area contributed by atoms with Crippen molar-refractivity contribution in [3.05, 3.63) is 64.2 Å². The standard InChI is InChI=1S/C15H15N3O3/c1-17(2)13-7-3-5-11(9-13)15(19)16-12-6-4-8-14(10-12)18(20)21/h3-10H,1-2H3,(H,16,19). The third-order valence-electron chi connectivity index (χ3n) is 2.94. The van der Waals surface area contributed by atoms with E-state index in [-0.39, 0.29) is 11.6 Å². The Balaban J connectivity index is 2.20. The first-order chi connectivity index (χ1) is 9.97. The largest absolute Gasteiger partial charge is 0.378 e. The lowest BCUT2D eigenvalue weighted by molar-refractivity contribution is -0.384. The molecule has 0 aromatic heterocycles. The average molecular weight is 285 g/mol. The number of benzene rings is 2. The molecule has 1 amide bonds. The third kappa shape index (κ3) is 3.56. The number of non-ortho nitro benzene ring substituents is 1. The molecule has 0 saturated carbocycles. The number of carbonyl (C=O) groups excluding carboxylic acids is 1.